The maximum atomic E-state index is 5.76. The third-order valence-electron chi connectivity index (χ3n) is 4.01. The molecule has 0 aliphatic rings. The molecule has 0 radical (unpaired) electrons. The Hall–Kier alpha value is -1.65. The van der Waals surface area contributed by atoms with Crippen LogP contribution in [0.2, 0.25) is 0 Å². The summed E-state index contributed by atoms with van der Waals surface area (Å²) in [4.78, 5) is 0. The van der Waals surface area contributed by atoms with Crippen LogP contribution in [-0.2, 0) is 19.9 Å². The number of nitrogens with zero attached hydrogens (tertiary/aromatic N) is 2. The molecule has 21 heavy (non-hydrogen) atoms. The summed E-state index contributed by atoms with van der Waals surface area (Å²) in [6, 6.07) is 11.0. The predicted octanol–water partition coefficient (Wildman–Crippen LogP) is 2.85. The van der Waals surface area contributed by atoms with Gasteiger partial charge in [-0.05, 0) is 29.5 Å². The van der Waals surface area contributed by atoms with E-state index in [9.17, 15) is 0 Å². The van der Waals surface area contributed by atoms with Crippen molar-refractivity contribution in [2.45, 2.75) is 45.6 Å². The molecule has 0 aliphatic carbocycles. The van der Waals surface area contributed by atoms with E-state index >= 15 is 0 Å². The van der Waals surface area contributed by atoms with E-state index in [-0.39, 0.29) is 6.04 Å². The minimum Gasteiger partial charge on any atom is -0.272 e. The summed E-state index contributed by atoms with van der Waals surface area (Å²) in [5, 5.41) is 4.50. The number of nitrogens with one attached hydrogen (secondary N) is 1. The first-order valence-electron chi connectivity index (χ1n) is 7.63. The zero-order valence-electron chi connectivity index (χ0n) is 13.4. The molecule has 1 unspecified atom stereocenters. The second-order valence-electron chi connectivity index (χ2n) is 5.85. The van der Waals surface area contributed by atoms with E-state index in [0.717, 1.165) is 18.5 Å². The Morgan fingerprint density at radius 2 is 1.81 bits per heavy atom. The maximum absolute atomic E-state index is 5.76. The molecular weight excluding hydrogens is 260 g/mol. The fraction of sp³-hybridized carbons (Fsp3) is 0.471. The van der Waals surface area contributed by atoms with Gasteiger partial charge in [-0.2, -0.15) is 5.10 Å². The largest absolute Gasteiger partial charge is 0.272 e. The second kappa shape index (κ2) is 6.87. The minimum atomic E-state index is 0.103. The molecule has 2 aromatic rings. The third-order valence-corrected chi connectivity index (χ3v) is 4.01. The molecule has 1 aromatic heterocycles. The highest BCUT2D eigenvalue weighted by Gasteiger charge is 2.14. The van der Waals surface area contributed by atoms with Gasteiger partial charge in [0, 0.05) is 19.2 Å². The van der Waals surface area contributed by atoms with Gasteiger partial charge in [0.2, 0.25) is 0 Å². The van der Waals surface area contributed by atoms with Crippen LogP contribution in [0.15, 0.2) is 30.3 Å². The smallest absolute Gasteiger partial charge is 0.0624 e. The summed E-state index contributed by atoms with van der Waals surface area (Å²) in [5.41, 5.74) is 7.81. The Bertz CT molecular complexity index is 569. The fourth-order valence-corrected chi connectivity index (χ4v) is 2.53. The summed E-state index contributed by atoms with van der Waals surface area (Å²) in [6.07, 6.45) is 1.79. The van der Waals surface area contributed by atoms with Crippen molar-refractivity contribution in [2.75, 3.05) is 0 Å². The van der Waals surface area contributed by atoms with Crippen LogP contribution in [0.4, 0.5) is 0 Å². The van der Waals surface area contributed by atoms with Gasteiger partial charge in [-0.15, -0.1) is 0 Å². The number of aromatic nitrogens is 2. The van der Waals surface area contributed by atoms with Crippen LogP contribution in [0, 0.1) is 0 Å². The molecule has 1 heterocycles. The quantitative estimate of drug-likeness (QED) is 0.634. The first kappa shape index (κ1) is 15.7. The Balaban J connectivity index is 2.17. The third kappa shape index (κ3) is 3.71. The van der Waals surface area contributed by atoms with Gasteiger partial charge in [0.05, 0.1) is 11.7 Å². The molecule has 1 atom stereocenters. The normalized spacial score (nSPS) is 12.9. The monoisotopic (exact) mass is 286 g/mol. The SMILES string of the molecule is CCc1cc(CC(NN)c2ccc(C(C)C)cc2)n(C)n1. The summed E-state index contributed by atoms with van der Waals surface area (Å²) < 4.78 is 1.95. The predicted molar refractivity (Wildman–Crippen MR) is 86.9 cm³/mol. The van der Waals surface area contributed by atoms with Crippen LogP contribution in [0.1, 0.15) is 55.2 Å². The van der Waals surface area contributed by atoms with E-state index in [1.807, 2.05) is 11.7 Å². The Kier molecular flexibility index (Phi) is 5.15. The lowest BCUT2D eigenvalue weighted by molar-refractivity contribution is 0.529. The summed E-state index contributed by atoms with van der Waals surface area (Å²) in [5.74, 6) is 6.31. The number of aryl methyl sites for hydroxylation is 2. The van der Waals surface area contributed by atoms with Gasteiger partial charge in [-0.3, -0.25) is 16.0 Å². The van der Waals surface area contributed by atoms with E-state index in [4.69, 9.17) is 5.84 Å². The summed E-state index contributed by atoms with van der Waals surface area (Å²) >= 11 is 0. The molecule has 0 saturated heterocycles. The second-order valence-corrected chi connectivity index (χ2v) is 5.85. The summed E-state index contributed by atoms with van der Waals surface area (Å²) in [6.45, 7) is 6.53. The average Bonchev–Trinajstić information content (AvgIpc) is 2.85. The molecule has 114 valence electrons. The highest BCUT2D eigenvalue weighted by atomic mass is 15.3. The van der Waals surface area contributed by atoms with Crippen molar-refractivity contribution in [2.24, 2.45) is 12.9 Å². The van der Waals surface area contributed by atoms with Gasteiger partial charge in [-0.1, -0.05) is 45.0 Å². The lowest BCUT2D eigenvalue weighted by Crippen LogP contribution is -2.30. The fourth-order valence-electron chi connectivity index (χ4n) is 2.53. The van der Waals surface area contributed by atoms with Crippen molar-refractivity contribution < 1.29 is 0 Å². The summed E-state index contributed by atoms with van der Waals surface area (Å²) in [7, 11) is 1.99. The minimum absolute atomic E-state index is 0.103. The average molecular weight is 286 g/mol. The molecule has 0 bridgehead atoms. The van der Waals surface area contributed by atoms with Crippen LogP contribution in [0.25, 0.3) is 0 Å². The van der Waals surface area contributed by atoms with Crippen molar-refractivity contribution in [1.29, 1.82) is 0 Å². The molecule has 4 heteroatoms. The lowest BCUT2D eigenvalue weighted by atomic mass is 9.97. The van der Waals surface area contributed by atoms with E-state index < -0.39 is 0 Å². The Morgan fingerprint density at radius 1 is 1.19 bits per heavy atom. The van der Waals surface area contributed by atoms with E-state index in [1.54, 1.807) is 0 Å². The maximum Gasteiger partial charge on any atom is 0.0624 e. The Labute approximate surface area is 127 Å². The van der Waals surface area contributed by atoms with Gasteiger partial charge in [0.1, 0.15) is 0 Å². The lowest BCUT2D eigenvalue weighted by Gasteiger charge is -2.17. The number of hydrogen-bond donors (Lipinski definition) is 2. The molecular formula is C17H26N4. The molecule has 1 aromatic carbocycles. The molecule has 0 amide bonds. The van der Waals surface area contributed by atoms with Crippen molar-refractivity contribution in [3.8, 4) is 0 Å². The number of nitrogens with two attached hydrogens (primary N) is 1. The van der Waals surface area contributed by atoms with Crippen LogP contribution in [0.3, 0.4) is 0 Å². The zero-order chi connectivity index (χ0) is 15.4. The molecule has 0 saturated carbocycles. The van der Waals surface area contributed by atoms with E-state index in [0.29, 0.717) is 5.92 Å². The molecule has 3 N–H and O–H groups in total. The number of benzene rings is 1. The van der Waals surface area contributed by atoms with Crippen molar-refractivity contribution in [3.05, 3.63) is 52.8 Å². The first-order valence-corrected chi connectivity index (χ1v) is 7.63. The number of hydrazine groups is 1. The van der Waals surface area contributed by atoms with Crippen molar-refractivity contribution >= 4 is 0 Å². The van der Waals surface area contributed by atoms with Gasteiger partial charge < -0.3 is 0 Å². The van der Waals surface area contributed by atoms with Gasteiger partial charge in [0.25, 0.3) is 0 Å². The van der Waals surface area contributed by atoms with Crippen LogP contribution in [-0.4, -0.2) is 9.78 Å². The van der Waals surface area contributed by atoms with Crippen molar-refractivity contribution in [1.82, 2.24) is 15.2 Å². The van der Waals surface area contributed by atoms with Gasteiger partial charge >= 0.3 is 0 Å². The van der Waals surface area contributed by atoms with Crippen LogP contribution >= 0.6 is 0 Å². The van der Waals surface area contributed by atoms with Crippen molar-refractivity contribution in [3.63, 3.8) is 0 Å². The zero-order valence-corrected chi connectivity index (χ0v) is 13.4. The number of rotatable bonds is 6. The highest BCUT2D eigenvalue weighted by Crippen LogP contribution is 2.21. The van der Waals surface area contributed by atoms with Gasteiger partial charge in [0.15, 0.2) is 0 Å². The van der Waals surface area contributed by atoms with E-state index in [2.05, 4.69) is 61.6 Å². The van der Waals surface area contributed by atoms with E-state index in [1.165, 1.54) is 16.8 Å². The Morgan fingerprint density at radius 3 is 2.29 bits per heavy atom. The van der Waals surface area contributed by atoms with Crippen LogP contribution < -0.4 is 11.3 Å². The highest BCUT2D eigenvalue weighted by molar-refractivity contribution is 5.28. The molecule has 0 fully saturated rings. The molecule has 2 rings (SSSR count). The molecule has 0 spiro atoms. The molecule has 4 nitrogen and oxygen atoms in total. The first-order chi connectivity index (χ1) is 10.0. The van der Waals surface area contributed by atoms with Crippen LogP contribution in [0.5, 0.6) is 0 Å². The number of hydrogen-bond acceptors (Lipinski definition) is 3. The molecule has 0 aliphatic heterocycles. The van der Waals surface area contributed by atoms with Gasteiger partial charge in [-0.25, -0.2) is 0 Å². The topological polar surface area (TPSA) is 55.9 Å². The standard InChI is InChI=1S/C17H26N4/c1-5-15-10-16(21(4)20-15)11-17(19-18)14-8-6-13(7-9-14)12(2)3/h6-10,12,17,19H,5,11,18H2,1-4H3.